The number of carbonyl (C=O) groups is 2. The minimum atomic E-state index is -0.826. The van der Waals surface area contributed by atoms with Gasteiger partial charge in [0.2, 0.25) is 0 Å². The molecule has 2 aliphatic rings. The lowest BCUT2D eigenvalue weighted by Gasteiger charge is -2.28. The molecule has 6 heteroatoms. The summed E-state index contributed by atoms with van der Waals surface area (Å²) in [5.41, 5.74) is 1.02. The number of nitrogens with one attached hydrogen (secondary N) is 1. The largest absolute Gasteiger partial charge is 0.481 e. The van der Waals surface area contributed by atoms with Crippen LogP contribution >= 0.6 is 11.6 Å². The molecule has 1 heterocycles. The quantitative estimate of drug-likeness (QED) is 0.870. The Hall–Kier alpha value is -1.75. The molecule has 3 rings (SSSR count). The Bertz CT molecular complexity index is 616. The minimum Gasteiger partial charge on any atom is -0.481 e. The van der Waals surface area contributed by atoms with Gasteiger partial charge in [0, 0.05) is 18.1 Å². The van der Waals surface area contributed by atoms with Crippen LogP contribution in [-0.2, 0) is 4.79 Å². The Kier molecular flexibility index (Phi) is 5.29. The Morgan fingerprint density at radius 3 is 2.62 bits per heavy atom. The van der Waals surface area contributed by atoms with Crippen molar-refractivity contribution in [2.45, 2.75) is 38.1 Å². The van der Waals surface area contributed by atoms with Crippen molar-refractivity contribution in [3.8, 4) is 0 Å². The van der Waals surface area contributed by atoms with Gasteiger partial charge in [-0.05, 0) is 42.9 Å². The number of amides is 2. The highest BCUT2D eigenvalue weighted by Gasteiger charge is 2.34. The summed E-state index contributed by atoms with van der Waals surface area (Å²) in [6.45, 7) is 0.782. The summed E-state index contributed by atoms with van der Waals surface area (Å²) in [4.78, 5) is 25.3. The van der Waals surface area contributed by atoms with E-state index >= 15 is 0 Å². The first-order valence-corrected chi connectivity index (χ1v) is 8.96. The summed E-state index contributed by atoms with van der Waals surface area (Å²) in [5.74, 6) is -0.871. The summed E-state index contributed by atoms with van der Waals surface area (Å²) in [5, 5.41) is 12.9. The van der Waals surface area contributed by atoms with Gasteiger partial charge in [-0.2, -0.15) is 0 Å². The molecular formula is C18H23ClN2O3. The minimum absolute atomic E-state index is 0.0671. The molecule has 1 aromatic rings. The van der Waals surface area contributed by atoms with Gasteiger partial charge in [0.1, 0.15) is 0 Å². The van der Waals surface area contributed by atoms with E-state index in [0.29, 0.717) is 23.9 Å². The molecule has 1 aliphatic heterocycles. The normalized spacial score (nSPS) is 22.5. The fourth-order valence-electron chi connectivity index (χ4n) is 3.83. The Labute approximate surface area is 147 Å². The van der Waals surface area contributed by atoms with Crippen molar-refractivity contribution < 1.29 is 14.7 Å². The molecule has 1 aliphatic carbocycles. The smallest absolute Gasteiger partial charge is 0.317 e. The summed E-state index contributed by atoms with van der Waals surface area (Å²) in [6, 6.07) is 7.41. The van der Waals surface area contributed by atoms with Crippen molar-refractivity contribution in [3.05, 3.63) is 34.9 Å². The maximum absolute atomic E-state index is 12.6. The van der Waals surface area contributed by atoms with E-state index in [0.717, 1.165) is 18.4 Å². The number of likely N-dealkylation sites (tertiary alicyclic amines) is 1. The van der Waals surface area contributed by atoms with E-state index in [2.05, 4.69) is 5.32 Å². The molecule has 0 bridgehead atoms. The summed E-state index contributed by atoms with van der Waals surface area (Å²) in [7, 11) is 0. The van der Waals surface area contributed by atoms with Gasteiger partial charge in [-0.25, -0.2) is 4.79 Å². The first-order chi connectivity index (χ1) is 11.5. The third kappa shape index (κ3) is 3.83. The Morgan fingerprint density at radius 1 is 1.25 bits per heavy atom. The highest BCUT2D eigenvalue weighted by Crippen LogP contribution is 2.36. The van der Waals surface area contributed by atoms with Crippen LogP contribution in [0.3, 0.4) is 0 Å². The van der Waals surface area contributed by atoms with Crippen molar-refractivity contribution >= 4 is 23.6 Å². The third-order valence-corrected chi connectivity index (χ3v) is 5.42. The average Bonchev–Trinajstić information content (AvgIpc) is 3.23. The van der Waals surface area contributed by atoms with Crippen LogP contribution < -0.4 is 5.32 Å². The van der Waals surface area contributed by atoms with Crippen LogP contribution in [0.4, 0.5) is 4.79 Å². The van der Waals surface area contributed by atoms with E-state index in [9.17, 15) is 9.59 Å². The summed E-state index contributed by atoms with van der Waals surface area (Å²) < 4.78 is 0. The van der Waals surface area contributed by atoms with Crippen molar-refractivity contribution in [1.82, 2.24) is 10.2 Å². The van der Waals surface area contributed by atoms with Gasteiger partial charge in [-0.15, -0.1) is 0 Å². The fourth-order valence-corrected chi connectivity index (χ4v) is 4.03. The molecule has 0 spiro atoms. The van der Waals surface area contributed by atoms with E-state index in [1.165, 1.54) is 12.8 Å². The lowest BCUT2D eigenvalue weighted by Crippen LogP contribution is -2.42. The number of nitrogens with zero attached hydrogens (tertiary/aromatic N) is 1. The van der Waals surface area contributed by atoms with Crippen LogP contribution in [0.5, 0.6) is 0 Å². The lowest BCUT2D eigenvalue weighted by molar-refractivity contribution is -0.141. The highest BCUT2D eigenvalue weighted by atomic mass is 35.5. The second-order valence-electron chi connectivity index (χ2n) is 6.80. The van der Waals surface area contributed by atoms with Gasteiger partial charge in [0.05, 0.1) is 12.0 Å². The standard InChI is InChI=1S/C18H23ClN2O3/c19-15-7-3-6-13(10-15)16(12-4-1-2-5-12)20-18(24)21-9-8-14(11-21)17(22)23/h3,6-7,10,12,14,16H,1-2,4-5,8-9,11H2,(H,20,24)(H,22,23). The first kappa shape index (κ1) is 17.1. The van der Waals surface area contributed by atoms with Gasteiger partial charge in [0.25, 0.3) is 0 Å². The molecule has 24 heavy (non-hydrogen) atoms. The van der Waals surface area contributed by atoms with E-state index in [4.69, 9.17) is 16.7 Å². The molecule has 2 amide bonds. The molecule has 2 N–H and O–H groups in total. The first-order valence-electron chi connectivity index (χ1n) is 8.58. The van der Waals surface area contributed by atoms with E-state index in [1.54, 1.807) is 4.90 Å². The van der Waals surface area contributed by atoms with E-state index in [-0.39, 0.29) is 18.6 Å². The molecule has 0 aromatic heterocycles. The Morgan fingerprint density at radius 2 is 2.00 bits per heavy atom. The predicted octanol–water partition coefficient (Wildman–Crippen LogP) is 3.69. The Balaban J connectivity index is 1.72. The van der Waals surface area contributed by atoms with Crippen LogP contribution in [0.2, 0.25) is 5.02 Å². The van der Waals surface area contributed by atoms with Gasteiger partial charge in [-0.1, -0.05) is 36.6 Å². The van der Waals surface area contributed by atoms with E-state index < -0.39 is 11.9 Å². The van der Waals surface area contributed by atoms with Crippen LogP contribution in [0, 0.1) is 11.8 Å². The second-order valence-corrected chi connectivity index (χ2v) is 7.23. The molecular weight excluding hydrogens is 328 g/mol. The number of hydrogen-bond donors (Lipinski definition) is 2. The zero-order valence-electron chi connectivity index (χ0n) is 13.6. The molecule has 1 saturated heterocycles. The maximum atomic E-state index is 12.6. The lowest BCUT2D eigenvalue weighted by atomic mass is 9.92. The van der Waals surface area contributed by atoms with Crippen LogP contribution in [0.15, 0.2) is 24.3 Å². The molecule has 0 radical (unpaired) electrons. The number of carboxylic acid groups (broad SMARTS) is 1. The highest BCUT2D eigenvalue weighted by molar-refractivity contribution is 6.30. The van der Waals surface area contributed by atoms with Crippen molar-refractivity contribution in [1.29, 1.82) is 0 Å². The third-order valence-electron chi connectivity index (χ3n) is 5.18. The number of urea groups is 1. The molecule has 1 saturated carbocycles. The number of aliphatic carboxylic acids is 1. The molecule has 2 unspecified atom stereocenters. The van der Waals surface area contributed by atoms with Crippen LogP contribution in [0.1, 0.15) is 43.7 Å². The van der Waals surface area contributed by atoms with Gasteiger partial charge in [-0.3, -0.25) is 4.79 Å². The zero-order chi connectivity index (χ0) is 17.1. The monoisotopic (exact) mass is 350 g/mol. The molecule has 1 aromatic carbocycles. The SMILES string of the molecule is O=C(O)C1CCN(C(=O)NC(c2cccc(Cl)c2)C2CCCC2)C1. The molecule has 130 valence electrons. The fraction of sp³-hybridized carbons (Fsp3) is 0.556. The maximum Gasteiger partial charge on any atom is 0.317 e. The summed E-state index contributed by atoms with van der Waals surface area (Å²) in [6.07, 6.45) is 5.07. The number of hydrogen-bond acceptors (Lipinski definition) is 2. The number of carboxylic acids is 1. The van der Waals surface area contributed by atoms with Crippen molar-refractivity contribution in [3.63, 3.8) is 0 Å². The van der Waals surface area contributed by atoms with Gasteiger partial charge in [0.15, 0.2) is 0 Å². The van der Waals surface area contributed by atoms with Gasteiger partial charge < -0.3 is 15.3 Å². The second kappa shape index (κ2) is 7.43. The zero-order valence-corrected chi connectivity index (χ0v) is 14.3. The topological polar surface area (TPSA) is 69.6 Å². The number of benzene rings is 1. The molecule has 5 nitrogen and oxygen atoms in total. The number of halogens is 1. The van der Waals surface area contributed by atoms with Crippen LogP contribution in [0.25, 0.3) is 0 Å². The van der Waals surface area contributed by atoms with Crippen molar-refractivity contribution in [2.75, 3.05) is 13.1 Å². The van der Waals surface area contributed by atoms with E-state index in [1.807, 2.05) is 24.3 Å². The predicted molar refractivity (Wildman–Crippen MR) is 92.0 cm³/mol. The molecule has 2 atom stereocenters. The van der Waals surface area contributed by atoms with Crippen LogP contribution in [-0.4, -0.2) is 35.1 Å². The van der Waals surface area contributed by atoms with Crippen molar-refractivity contribution in [2.24, 2.45) is 11.8 Å². The average molecular weight is 351 g/mol. The van der Waals surface area contributed by atoms with Gasteiger partial charge >= 0.3 is 12.0 Å². The summed E-state index contributed by atoms with van der Waals surface area (Å²) >= 11 is 6.12. The number of rotatable bonds is 4. The number of carbonyl (C=O) groups excluding carboxylic acids is 1. The molecule has 2 fully saturated rings.